The Hall–Kier alpha value is -0.850. The lowest BCUT2D eigenvalue weighted by molar-refractivity contribution is -0.114. The van der Waals surface area contributed by atoms with Crippen LogP contribution in [0, 0.1) is 17.3 Å². The molecule has 0 spiro atoms. The van der Waals surface area contributed by atoms with Crippen LogP contribution in [0.3, 0.4) is 0 Å². The average molecular weight is 286 g/mol. The van der Waals surface area contributed by atoms with E-state index in [1.807, 2.05) is 6.08 Å². The van der Waals surface area contributed by atoms with Crippen LogP contribution in [0.4, 0.5) is 0 Å². The molecule has 21 heavy (non-hydrogen) atoms. The van der Waals surface area contributed by atoms with Crippen LogP contribution in [0.1, 0.15) is 78.6 Å². The summed E-state index contributed by atoms with van der Waals surface area (Å²) in [4.78, 5) is 11.7. The lowest BCUT2D eigenvalue weighted by Crippen LogP contribution is -2.41. The van der Waals surface area contributed by atoms with Gasteiger partial charge in [0.1, 0.15) is 0 Å². The van der Waals surface area contributed by atoms with Crippen LogP contribution in [0.2, 0.25) is 0 Å². The molecule has 1 saturated carbocycles. The van der Waals surface area contributed by atoms with E-state index in [0.717, 1.165) is 31.1 Å². The first-order chi connectivity index (χ1) is 10.1. The Morgan fingerprint density at radius 2 is 1.86 bits per heavy atom. The zero-order valence-electron chi connectivity index (χ0n) is 14.0. The molecule has 0 aromatic heterocycles. The summed E-state index contributed by atoms with van der Waals surface area (Å²) >= 11 is 0. The van der Waals surface area contributed by atoms with Crippen molar-refractivity contribution in [2.24, 2.45) is 17.3 Å². The van der Waals surface area contributed by atoms with E-state index < -0.39 is 0 Å². The monoisotopic (exact) mass is 286 g/mol. The minimum Gasteiger partial charge on any atom is -0.295 e. The molecule has 0 bridgehead atoms. The maximum atomic E-state index is 11.7. The zero-order chi connectivity index (χ0) is 15.0. The Morgan fingerprint density at radius 1 is 1.10 bits per heavy atom. The van der Waals surface area contributed by atoms with Gasteiger partial charge in [-0.1, -0.05) is 45.6 Å². The Kier molecular flexibility index (Phi) is 4.12. The molecule has 0 radical (unpaired) electrons. The fourth-order valence-corrected chi connectivity index (χ4v) is 5.68. The lowest BCUT2D eigenvalue weighted by atomic mass is 9.53. The minimum absolute atomic E-state index is 0.354. The maximum absolute atomic E-state index is 11.7. The number of hydrogen-bond donors (Lipinski definition) is 0. The maximum Gasteiger partial charge on any atom is 0.156 e. The van der Waals surface area contributed by atoms with Crippen molar-refractivity contribution in [3.8, 4) is 0 Å². The Morgan fingerprint density at radius 3 is 2.52 bits per heavy atom. The van der Waals surface area contributed by atoms with Crippen LogP contribution in [-0.4, -0.2) is 5.78 Å². The molecular formula is C20H30O. The normalized spacial score (nSPS) is 31.6. The second-order valence-corrected chi connectivity index (χ2v) is 7.37. The van der Waals surface area contributed by atoms with Crippen molar-refractivity contribution >= 4 is 5.78 Å². The van der Waals surface area contributed by atoms with E-state index in [-0.39, 0.29) is 0 Å². The molecule has 1 nitrogen and oxygen atoms in total. The third-order valence-corrected chi connectivity index (χ3v) is 6.92. The third kappa shape index (κ3) is 2.33. The van der Waals surface area contributed by atoms with E-state index >= 15 is 0 Å². The zero-order valence-corrected chi connectivity index (χ0v) is 14.0. The van der Waals surface area contributed by atoms with Crippen LogP contribution in [0.5, 0.6) is 0 Å². The van der Waals surface area contributed by atoms with Gasteiger partial charge in [-0.3, -0.25) is 4.79 Å². The van der Waals surface area contributed by atoms with Gasteiger partial charge in [0.2, 0.25) is 0 Å². The summed E-state index contributed by atoms with van der Waals surface area (Å²) in [6.07, 6.45) is 12.8. The van der Waals surface area contributed by atoms with Gasteiger partial charge < -0.3 is 0 Å². The molecule has 0 heterocycles. The lowest BCUT2D eigenvalue weighted by Gasteiger charge is -2.51. The van der Waals surface area contributed by atoms with Crippen molar-refractivity contribution in [1.82, 2.24) is 0 Å². The molecule has 2 atom stereocenters. The minimum atomic E-state index is 0.354. The largest absolute Gasteiger partial charge is 0.295 e. The molecule has 1 heteroatoms. The molecule has 3 aliphatic rings. The van der Waals surface area contributed by atoms with Gasteiger partial charge in [0.15, 0.2) is 5.78 Å². The van der Waals surface area contributed by atoms with E-state index in [9.17, 15) is 4.79 Å². The molecule has 1 fully saturated rings. The number of rotatable bonds is 3. The Bertz CT molecular complexity index is 490. The third-order valence-electron chi connectivity index (χ3n) is 6.92. The summed E-state index contributed by atoms with van der Waals surface area (Å²) in [5.41, 5.74) is 5.33. The molecule has 3 aliphatic carbocycles. The quantitative estimate of drug-likeness (QED) is 0.659. The van der Waals surface area contributed by atoms with E-state index in [4.69, 9.17) is 0 Å². The van der Waals surface area contributed by atoms with E-state index in [0.29, 0.717) is 11.2 Å². The predicted octanol–water partition coefficient (Wildman–Crippen LogP) is 5.61. The van der Waals surface area contributed by atoms with Crippen LogP contribution < -0.4 is 0 Å². The topological polar surface area (TPSA) is 17.1 Å². The summed E-state index contributed by atoms with van der Waals surface area (Å²) < 4.78 is 0. The fraction of sp³-hybridized carbons (Fsp3) is 0.750. The van der Waals surface area contributed by atoms with Gasteiger partial charge in [-0.25, -0.2) is 0 Å². The van der Waals surface area contributed by atoms with Gasteiger partial charge in [-0.05, 0) is 66.6 Å². The van der Waals surface area contributed by atoms with Crippen molar-refractivity contribution in [2.75, 3.05) is 0 Å². The predicted molar refractivity (Wildman–Crippen MR) is 88.1 cm³/mol. The second-order valence-electron chi connectivity index (χ2n) is 7.37. The van der Waals surface area contributed by atoms with Crippen molar-refractivity contribution < 1.29 is 4.79 Å². The van der Waals surface area contributed by atoms with E-state index in [1.54, 1.807) is 11.1 Å². The number of ketones is 1. The summed E-state index contributed by atoms with van der Waals surface area (Å²) in [5.74, 6) is 2.03. The highest BCUT2D eigenvalue weighted by atomic mass is 16.1. The van der Waals surface area contributed by atoms with Crippen LogP contribution in [0.15, 0.2) is 22.8 Å². The Balaban J connectivity index is 1.99. The highest BCUT2D eigenvalue weighted by Crippen LogP contribution is 2.57. The highest BCUT2D eigenvalue weighted by molar-refractivity contribution is 5.93. The molecule has 0 saturated heterocycles. The highest BCUT2D eigenvalue weighted by Gasteiger charge is 2.46. The molecule has 0 aliphatic heterocycles. The van der Waals surface area contributed by atoms with Gasteiger partial charge in [-0.15, -0.1) is 0 Å². The molecule has 116 valence electrons. The summed E-state index contributed by atoms with van der Waals surface area (Å²) in [5, 5.41) is 0. The number of allylic oxidation sites excluding steroid dienone is 4. The standard InChI is InChI=1S/C20H30O/c1-4-19-18-9-7-14-13-15(21)8-10-16(14)17(18)11-12-20(19,5-2)6-3/h13,18-19H,4-12H2,1-3H3/t18-,19?/m1/s1. The van der Waals surface area contributed by atoms with Crippen molar-refractivity contribution in [1.29, 1.82) is 0 Å². The van der Waals surface area contributed by atoms with E-state index in [1.165, 1.54) is 44.1 Å². The van der Waals surface area contributed by atoms with Crippen LogP contribution >= 0.6 is 0 Å². The average Bonchev–Trinajstić information content (AvgIpc) is 2.52. The molecule has 3 rings (SSSR count). The molecule has 1 unspecified atom stereocenters. The van der Waals surface area contributed by atoms with Crippen LogP contribution in [-0.2, 0) is 4.79 Å². The first-order valence-electron chi connectivity index (χ1n) is 9.10. The van der Waals surface area contributed by atoms with Gasteiger partial charge in [0.25, 0.3) is 0 Å². The first-order valence-corrected chi connectivity index (χ1v) is 9.10. The first kappa shape index (κ1) is 15.1. The number of carbonyl (C=O) groups is 1. The molecular weight excluding hydrogens is 256 g/mol. The van der Waals surface area contributed by atoms with Gasteiger partial charge >= 0.3 is 0 Å². The smallest absolute Gasteiger partial charge is 0.156 e. The van der Waals surface area contributed by atoms with Gasteiger partial charge in [0.05, 0.1) is 0 Å². The summed E-state index contributed by atoms with van der Waals surface area (Å²) in [6.45, 7) is 7.20. The number of hydrogen-bond acceptors (Lipinski definition) is 1. The fourth-order valence-electron chi connectivity index (χ4n) is 5.68. The Labute approximate surface area is 129 Å². The number of fused-ring (bicyclic) bond motifs is 2. The molecule has 0 aromatic rings. The van der Waals surface area contributed by atoms with Crippen molar-refractivity contribution in [2.45, 2.75) is 78.6 Å². The SMILES string of the molecule is CCC1[C@@H]2CCC3=CC(=O)CCC3=C2CCC1(CC)CC. The summed E-state index contributed by atoms with van der Waals surface area (Å²) in [6, 6.07) is 0. The molecule has 0 aromatic carbocycles. The number of carbonyl (C=O) groups excluding carboxylic acids is 1. The van der Waals surface area contributed by atoms with Crippen molar-refractivity contribution in [3.63, 3.8) is 0 Å². The van der Waals surface area contributed by atoms with E-state index in [2.05, 4.69) is 20.8 Å². The molecule has 0 amide bonds. The van der Waals surface area contributed by atoms with Crippen LogP contribution in [0.25, 0.3) is 0 Å². The second kappa shape index (κ2) is 5.74. The summed E-state index contributed by atoms with van der Waals surface area (Å²) in [7, 11) is 0. The van der Waals surface area contributed by atoms with Gasteiger partial charge in [0, 0.05) is 6.42 Å². The van der Waals surface area contributed by atoms with Gasteiger partial charge in [-0.2, -0.15) is 0 Å². The molecule has 0 N–H and O–H groups in total. The van der Waals surface area contributed by atoms with Crippen molar-refractivity contribution in [3.05, 3.63) is 22.8 Å².